The zero-order valence-corrected chi connectivity index (χ0v) is 11.4. The molecule has 2 heteroatoms. The fraction of sp³-hybridized carbons (Fsp3) is 0.571. The molecule has 0 saturated carbocycles. The zero-order chi connectivity index (χ0) is 11.8. The number of unbranched alkanes of at least 4 members (excludes halogenated alkanes) is 1. The Morgan fingerprint density at radius 2 is 2.00 bits per heavy atom. The van der Waals surface area contributed by atoms with Gasteiger partial charge in [0.15, 0.2) is 0 Å². The lowest BCUT2D eigenvalue weighted by atomic mass is 10.2. The summed E-state index contributed by atoms with van der Waals surface area (Å²) in [4.78, 5) is 1.43. The number of hydrogen-bond donors (Lipinski definition) is 1. The molecule has 0 aromatic heterocycles. The van der Waals surface area contributed by atoms with Crippen LogP contribution in [0.15, 0.2) is 29.2 Å². The van der Waals surface area contributed by atoms with Gasteiger partial charge in [-0.15, -0.1) is 11.8 Å². The first kappa shape index (κ1) is 13.6. The van der Waals surface area contributed by atoms with E-state index in [0.717, 1.165) is 6.54 Å². The average Bonchev–Trinajstić information content (AvgIpc) is 2.28. The third kappa shape index (κ3) is 5.04. The molecule has 0 amide bonds. The topological polar surface area (TPSA) is 12.0 Å². The summed E-state index contributed by atoms with van der Waals surface area (Å²) in [7, 11) is 0. The number of benzene rings is 1. The number of nitrogens with one attached hydrogen (secondary N) is 1. The molecule has 0 atom stereocenters. The van der Waals surface area contributed by atoms with Gasteiger partial charge in [0.2, 0.25) is 0 Å². The monoisotopic (exact) mass is 237 g/mol. The Labute approximate surface area is 104 Å². The van der Waals surface area contributed by atoms with Crippen molar-refractivity contribution in [3.63, 3.8) is 0 Å². The third-order valence-electron chi connectivity index (χ3n) is 2.43. The average molecular weight is 237 g/mol. The minimum absolute atomic E-state index is 0.550. The van der Waals surface area contributed by atoms with E-state index in [0.29, 0.717) is 6.04 Å². The Morgan fingerprint density at radius 3 is 2.69 bits per heavy atom. The van der Waals surface area contributed by atoms with Crippen LogP contribution in [0.3, 0.4) is 0 Å². The second kappa shape index (κ2) is 7.75. The summed E-state index contributed by atoms with van der Waals surface area (Å²) < 4.78 is 0. The van der Waals surface area contributed by atoms with E-state index in [1.165, 1.54) is 29.1 Å². The van der Waals surface area contributed by atoms with Crippen molar-refractivity contribution < 1.29 is 0 Å². The van der Waals surface area contributed by atoms with Crippen molar-refractivity contribution in [2.24, 2.45) is 0 Å². The maximum atomic E-state index is 3.48. The van der Waals surface area contributed by atoms with Crippen molar-refractivity contribution in [3.8, 4) is 0 Å². The van der Waals surface area contributed by atoms with Gasteiger partial charge in [-0.1, -0.05) is 45.4 Å². The molecule has 1 rings (SSSR count). The molecule has 1 nitrogen and oxygen atoms in total. The molecule has 0 aliphatic rings. The summed E-state index contributed by atoms with van der Waals surface area (Å²) in [6.07, 6.45) is 2.58. The summed E-state index contributed by atoms with van der Waals surface area (Å²) in [6, 6.07) is 9.27. The van der Waals surface area contributed by atoms with Crippen molar-refractivity contribution in [1.82, 2.24) is 5.32 Å². The van der Waals surface area contributed by atoms with Gasteiger partial charge in [-0.3, -0.25) is 0 Å². The van der Waals surface area contributed by atoms with E-state index in [-0.39, 0.29) is 0 Å². The number of thioether (sulfide) groups is 1. The Hall–Kier alpha value is -0.470. The predicted octanol–water partition coefficient (Wildman–Crippen LogP) is 4.08. The summed E-state index contributed by atoms with van der Waals surface area (Å²) >= 11 is 1.98. The molecule has 1 aromatic rings. The molecule has 16 heavy (non-hydrogen) atoms. The van der Waals surface area contributed by atoms with Gasteiger partial charge in [-0.2, -0.15) is 0 Å². The van der Waals surface area contributed by atoms with Gasteiger partial charge in [-0.05, 0) is 23.8 Å². The van der Waals surface area contributed by atoms with Gasteiger partial charge in [0.25, 0.3) is 0 Å². The van der Waals surface area contributed by atoms with Crippen molar-refractivity contribution in [3.05, 3.63) is 29.8 Å². The van der Waals surface area contributed by atoms with E-state index in [2.05, 4.69) is 50.4 Å². The predicted molar refractivity (Wildman–Crippen MR) is 74.0 cm³/mol. The first-order valence-corrected chi connectivity index (χ1v) is 7.16. The Morgan fingerprint density at radius 1 is 1.25 bits per heavy atom. The van der Waals surface area contributed by atoms with Crippen molar-refractivity contribution >= 4 is 11.8 Å². The van der Waals surface area contributed by atoms with Gasteiger partial charge in [0.05, 0.1) is 0 Å². The molecule has 1 aromatic carbocycles. The second-order valence-electron chi connectivity index (χ2n) is 4.35. The molecule has 0 unspecified atom stereocenters. The van der Waals surface area contributed by atoms with E-state index in [4.69, 9.17) is 0 Å². The summed E-state index contributed by atoms with van der Waals surface area (Å²) in [5, 5.41) is 3.48. The maximum absolute atomic E-state index is 3.48. The standard InChI is InChI=1S/C14H23NS/c1-4-5-10-16-14-9-7-6-8-13(14)11-15-12(2)3/h6-9,12,15H,4-5,10-11H2,1-3H3. The molecule has 0 radical (unpaired) electrons. The van der Waals surface area contributed by atoms with Gasteiger partial charge in [0, 0.05) is 17.5 Å². The van der Waals surface area contributed by atoms with E-state index in [9.17, 15) is 0 Å². The summed E-state index contributed by atoms with van der Waals surface area (Å²) in [5.74, 6) is 1.23. The van der Waals surface area contributed by atoms with E-state index < -0.39 is 0 Å². The van der Waals surface area contributed by atoms with Crippen LogP contribution in [0.25, 0.3) is 0 Å². The highest BCUT2D eigenvalue weighted by atomic mass is 32.2. The highest BCUT2D eigenvalue weighted by Gasteiger charge is 2.02. The normalized spacial score (nSPS) is 11.0. The van der Waals surface area contributed by atoms with Gasteiger partial charge < -0.3 is 5.32 Å². The minimum Gasteiger partial charge on any atom is -0.310 e. The fourth-order valence-corrected chi connectivity index (χ4v) is 2.58. The van der Waals surface area contributed by atoms with Crippen LogP contribution < -0.4 is 5.32 Å². The SMILES string of the molecule is CCCCSc1ccccc1CNC(C)C. The van der Waals surface area contributed by atoms with Crippen LogP contribution in [0.1, 0.15) is 39.2 Å². The first-order chi connectivity index (χ1) is 7.74. The van der Waals surface area contributed by atoms with Gasteiger partial charge in [0.1, 0.15) is 0 Å². The van der Waals surface area contributed by atoms with Gasteiger partial charge in [-0.25, -0.2) is 0 Å². The second-order valence-corrected chi connectivity index (χ2v) is 5.48. The largest absolute Gasteiger partial charge is 0.310 e. The van der Waals surface area contributed by atoms with Crippen LogP contribution in [-0.4, -0.2) is 11.8 Å². The highest BCUT2D eigenvalue weighted by Crippen LogP contribution is 2.23. The quantitative estimate of drug-likeness (QED) is 0.566. The maximum Gasteiger partial charge on any atom is 0.0218 e. The molecule has 0 spiro atoms. The van der Waals surface area contributed by atoms with Crippen molar-refractivity contribution in [1.29, 1.82) is 0 Å². The minimum atomic E-state index is 0.550. The summed E-state index contributed by atoms with van der Waals surface area (Å²) in [6.45, 7) is 7.60. The van der Waals surface area contributed by atoms with Crippen molar-refractivity contribution in [2.75, 3.05) is 5.75 Å². The molecular weight excluding hydrogens is 214 g/mol. The lowest BCUT2D eigenvalue weighted by Crippen LogP contribution is -2.22. The Bertz CT molecular complexity index is 297. The van der Waals surface area contributed by atoms with E-state index in [1.54, 1.807) is 0 Å². The van der Waals surface area contributed by atoms with Gasteiger partial charge >= 0.3 is 0 Å². The zero-order valence-electron chi connectivity index (χ0n) is 10.6. The molecular formula is C14H23NS. The van der Waals surface area contributed by atoms with Crippen LogP contribution in [0.4, 0.5) is 0 Å². The smallest absolute Gasteiger partial charge is 0.0218 e. The fourth-order valence-electron chi connectivity index (χ4n) is 1.43. The number of hydrogen-bond acceptors (Lipinski definition) is 2. The van der Waals surface area contributed by atoms with Crippen molar-refractivity contribution in [2.45, 2.75) is 51.1 Å². The third-order valence-corrected chi connectivity index (χ3v) is 3.63. The van der Waals surface area contributed by atoms with Crippen LogP contribution in [0.5, 0.6) is 0 Å². The van der Waals surface area contributed by atoms with E-state index >= 15 is 0 Å². The molecule has 0 aliphatic heterocycles. The highest BCUT2D eigenvalue weighted by molar-refractivity contribution is 7.99. The van der Waals surface area contributed by atoms with E-state index in [1.807, 2.05) is 11.8 Å². The van der Waals surface area contributed by atoms with Crippen LogP contribution in [-0.2, 0) is 6.54 Å². The molecule has 0 aliphatic carbocycles. The molecule has 0 heterocycles. The van der Waals surface area contributed by atoms with Crippen LogP contribution in [0.2, 0.25) is 0 Å². The lowest BCUT2D eigenvalue weighted by Gasteiger charge is -2.12. The molecule has 0 saturated heterocycles. The Balaban J connectivity index is 2.53. The number of rotatable bonds is 7. The van der Waals surface area contributed by atoms with Crippen LogP contribution in [0, 0.1) is 0 Å². The molecule has 90 valence electrons. The summed E-state index contributed by atoms with van der Waals surface area (Å²) in [5.41, 5.74) is 1.43. The van der Waals surface area contributed by atoms with Crippen LogP contribution >= 0.6 is 11.8 Å². The molecule has 0 bridgehead atoms. The molecule has 0 fully saturated rings. The molecule has 1 N–H and O–H groups in total. The first-order valence-electron chi connectivity index (χ1n) is 6.18. The Kier molecular flexibility index (Phi) is 6.58. The lowest BCUT2D eigenvalue weighted by molar-refractivity contribution is 0.585.